The van der Waals surface area contributed by atoms with E-state index in [-0.39, 0.29) is 29.2 Å². The Balaban J connectivity index is 3.06. The standard InChI is InChI=1S/C10H12ClN3O5/c11-6-4-7(13-2-1-9(12)15)8(14(18)19)3-5(6)10(16)17/h3-4,9,13,15H,1-2,12H2,(H,16,17). The molecule has 1 rings (SSSR count). The molecule has 0 aliphatic carbocycles. The first-order valence-corrected chi connectivity index (χ1v) is 5.59. The van der Waals surface area contributed by atoms with Gasteiger partial charge in [-0.3, -0.25) is 10.1 Å². The molecule has 0 fully saturated rings. The molecule has 1 unspecified atom stereocenters. The summed E-state index contributed by atoms with van der Waals surface area (Å²) in [6, 6.07) is 2.04. The molecule has 1 aromatic carbocycles. The van der Waals surface area contributed by atoms with Gasteiger partial charge >= 0.3 is 5.97 Å². The lowest BCUT2D eigenvalue weighted by Gasteiger charge is -2.10. The number of carboxylic acids is 1. The number of carboxylic acid groups (broad SMARTS) is 1. The molecule has 104 valence electrons. The summed E-state index contributed by atoms with van der Waals surface area (Å²) in [7, 11) is 0. The maximum Gasteiger partial charge on any atom is 0.337 e. The van der Waals surface area contributed by atoms with E-state index >= 15 is 0 Å². The van der Waals surface area contributed by atoms with Crippen LogP contribution in [0, 0.1) is 10.1 Å². The van der Waals surface area contributed by atoms with Crippen LogP contribution < -0.4 is 11.1 Å². The Labute approximate surface area is 112 Å². The summed E-state index contributed by atoms with van der Waals surface area (Å²) in [5, 5.41) is 31.1. The van der Waals surface area contributed by atoms with Crippen molar-refractivity contribution in [2.24, 2.45) is 5.73 Å². The monoisotopic (exact) mass is 289 g/mol. The molecule has 19 heavy (non-hydrogen) atoms. The summed E-state index contributed by atoms with van der Waals surface area (Å²) in [6.45, 7) is 0.182. The minimum atomic E-state index is -1.35. The Kier molecular flexibility index (Phi) is 5.04. The first kappa shape index (κ1) is 15.2. The molecular formula is C10H12ClN3O5. The van der Waals surface area contributed by atoms with Crippen LogP contribution in [0.5, 0.6) is 0 Å². The van der Waals surface area contributed by atoms with Gasteiger partial charge in [0.15, 0.2) is 0 Å². The minimum absolute atomic E-state index is 0.0700. The Morgan fingerprint density at radius 1 is 1.58 bits per heavy atom. The highest BCUT2D eigenvalue weighted by molar-refractivity contribution is 6.34. The highest BCUT2D eigenvalue weighted by Crippen LogP contribution is 2.31. The second kappa shape index (κ2) is 6.32. The molecule has 0 aromatic heterocycles. The lowest BCUT2D eigenvalue weighted by Crippen LogP contribution is -2.22. The zero-order valence-electron chi connectivity index (χ0n) is 9.67. The Bertz CT molecular complexity index is 506. The molecule has 5 N–H and O–H groups in total. The van der Waals surface area contributed by atoms with Crippen LogP contribution in [-0.2, 0) is 0 Å². The van der Waals surface area contributed by atoms with E-state index < -0.39 is 22.8 Å². The topological polar surface area (TPSA) is 139 Å². The number of benzene rings is 1. The number of hydrogen-bond donors (Lipinski definition) is 4. The fraction of sp³-hybridized carbons (Fsp3) is 0.300. The van der Waals surface area contributed by atoms with Gasteiger partial charge in [-0.2, -0.15) is 0 Å². The highest BCUT2D eigenvalue weighted by Gasteiger charge is 2.20. The fourth-order valence-electron chi connectivity index (χ4n) is 1.37. The summed E-state index contributed by atoms with van der Waals surface area (Å²) < 4.78 is 0. The van der Waals surface area contributed by atoms with Crippen LogP contribution in [0.15, 0.2) is 12.1 Å². The molecule has 9 heteroatoms. The second-order valence-corrected chi connectivity index (χ2v) is 4.10. The normalized spacial score (nSPS) is 11.9. The summed E-state index contributed by atoms with van der Waals surface area (Å²) in [4.78, 5) is 21.0. The van der Waals surface area contributed by atoms with Crippen LogP contribution in [0.2, 0.25) is 5.02 Å². The predicted octanol–water partition coefficient (Wildman–Crippen LogP) is 1.03. The summed E-state index contributed by atoms with van der Waals surface area (Å²) in [5.74, 6) is -1.35. The van der Waals surface area contributed by atoms with Gasteiger partial charge in [-0.1, -0.05) is 11.6 Å². The molecule has 0 heterocycles. The van der Waals surface area contributed by atoms with E-state index in [0.29, 0.717) is 0 Å². The van der Waals surface area contributed by atoms with E-state index in [1.807, 2.05) is 0 Å². The number of halogens is 1. The number of aromatic carboxylic acids is 1. The van der Waals surface area contributed by atoms with E-state index in [4.69, 9.17) is 27.5 Å². The summed E-state index contributed by atoms with van der Waals surface area (Å²) in [6.07, 6.45) is -0.865. The minimum Gasteiger partial charge on any atom is -0.478 e. The lowest BCUT2D eigenvalue weighted by molar-refractivity contribution is -0.384. The Hall–Kier alpha value is -1.90. The third kappa shape index (κ3) is 4.05. The second-order valence-electron chi connectivity index (χ2n) is 3.69. The average Bonchev–Trinajstić information content (AvgIpc) is 2.27. The number of anilines is 1. The molecule has 0 spiro atoms. The molecule has 8 nitrogen and oxygen atoms in total. The molecule has 0 amide bonds. The van der Waals surface area contributed by atoms with Crippen LogP contribution in [0.4, 0.5) is 11.4 Å². The number of hydrogen-bond acceptors (Lipinski definition) is 6. The zero-order chi connectivity index (χ0) is 14.6. The maximum atomic E-state index is 10.9. The van der Waals surface area contributed by atoms with Crippen molar-refractivity contribution in [2.75, 3.05) is 11.9 Å². The molecule has 1 aromatic rings. The van der Waals surface area contributed by atoms with Crippen molar-refractivity contribution < 1.29 is 19.9 Å². The zero-order valence-corrected chi connectivity index (χ0v) is 10.4. The molecule has 0 aliphatic rings. The van der Waals surface area contributed by atoms with Crippen LogP contribution in [0.25, 0.3) is 0 Å². The van der Waals surface area contributed by atoms with Crippen molar-refractivity contribution >= 4 is 28.9 Å². The van der Waals surface area contributed by atoms with Crippen molar-refractivity contribution in [2.45, 2.75) is 12.6 Å². The lowest BCUT2D eigenvalue weighted by atomic mass is 10.1. The number of rotatable bonds is 6. The molecule has 1 atom stereocenters. The van der Waals surface area contributed by atoms with Gasteiger partial charge in [0.1, 0.15) is 11.9 Å². The van der Waals surface area contributed by atoms with Gasteiger partial charge in [0, 0.05) is 19.0 Å². The number of nitro groups is 1. The van der Waals surface area contributed by atoms with Gasteiger partial charge in [0.05, 0.1) is 15.5 Å². The van der Waals surface area contributed by atoms with Gasteiger partial charge in [-0.15, -0.1) is 0 Å². The Morgan fingerprint density at radius 3 is 2.68 bits per heavy atom. The molecule has 0 radical (unpaired) electrons. The van der Waals surface area contributed by atoms with Crippen molar-refractivity contribution in [3.8, 4) is 0 Å². The van der Waals surface area contributed by atoms with E-state index in [9.17, 15) is 14.9 Å². The SMILES string of the molecule is NC(O)CCNc1cc(Cl)c(C(=O)O)cc1[N+](=O)[O-]. The van der Waals surface area contributed by atoms with Gasteiger partial charge < -0.3 is 21.3 Å². The molecule has 0 bridgehead atoms. The van der Waals surface area contributed by atoms with E-state index in [2.05, 4.69) is 5.32 Å². The summed E-state index contributed by atoms with van der Waals surface area (Å²) in [5.41, 5.74) is 4.44. The van der Waals surface area contributed by atoms with Gasteiger partial charge in [-0.25, -0.2) is 4.79 Å². The summed E-state index contributed by atoms with van der Waals surface area (Å²) >= 11 is 5.73. The van der Waals surface area contributed by atoms with Gasteiger partial charge in [-0.05, 0) is 6.07 Å². The van der Waals surface area contributed by atoms with Crippen molar-refractivity contribution in [1.82, 2.24) is 0 Å². The van der Waals surface area contributed by atoms with E-state index in [1.165, 1.54) is 0 Å². The van der Waals surface area contributed by atoms with Crippen LogP contribution >= 0.6 is 11.6 Å². The van der Waals surface area contributed by atoms with Crippen molar-refractivity contribution in [1.29, 1.82) is 0 Å². The average molecular weight is 290 g/mol. The van der Waals surface area contributed by atoms with E-state index in [0.717, 1.165) is 12.1 Å². The number of nitrogens with zero attached hydrogens (tertiary/aromatic N) is 1. The Morgan fingerprint density at radius 2 is 2.21 bits per heavy atom. The van der Waals surface area contributed by atoms with Gasteiger partial charge in [0.2, 0.25) is 0 Å². The number of aliphatic hydroxyl groups is 1. The van der Waals surface area contributed by atoms with Crippen LogP contribution in [0.1, 0.15) is 16.8 Å². The van der Waals surface area contributed by atoms with Crippen molar-refractivity contribution in [3.05, 3.63) is 32.8 Å². The van der Waals surface area contributed by atoms with Gasteiger partial charge in [0.25, 0.3) is 5.69 Å². The number of nitrogens with two attached hydrogens (primary N) is 1. The molecular weight excluding hydrogens is 278 g/mol. The third-order valence-corrected chi connectivity index (χ3v) is 2.58. The number of nitrogens with one attached hydrogen (secondary N) is 1. The van der Waals surface area contributed by atoms with E-state index in [1.54, 1.807) is 0 Å². The third-order valence-electron chi connectivity index (χ3n) is 2.27. The van der Waals surface area contributed by atoms with Crippen LogP contribution in [-0.4, -0.2) is 33.9 Å². The number of nitro benzene ring substituents is 1. The quantitative estimate of drug-likeness (QED) is 0.348. The molecule has 0 saturated carbocycles. The molecule has 0 saturated heterocycles. The highest BCUT2D eigenvalue weighted by atomic mass is 35.5. The first-order chi connectivity index (χ1) is 8.82. The number of aliphatic hydroxyl groups excluding tert-OH is 1. The number of carbonyl (C=O) groups is 1. The maximum absolute atomic E-state index is 10.9. The first-order valence-electron chi connectivity index (χ1n) is 5.21. The molecule has 0 aliphatic heterocycles. The predicted molar refractivity (Wildman–Crippen MR) is 68.4 cm³/mol. The smallest absolute Gasteiger partial charge is 0.337 e. The van der Waals surface area contributed by atoms with Crippen molar-refractivity contribution in [3.63, 3.8) is 0 Å². The fourth-order valence-corrected chi connectivity index (χ4v) is 1.62. The largest absolute Gasteiger partial charge is 0.478 e. The van der Waals surface area contributed by atoms with Crippen LogP contribution in [0.3, 0.4) is 0 Å².